The van der Waals surface area contributed by atoms with Crippen LogP contribution in [0.1, 0.15) is 15.9 Å². The number of aromatic carboxylic acids is 1. The van der Waals surface area contributed by atoms with E-state index in [1.807, 2.05) is 10.8 Å². The number of imidazole rings is 1. The largest absolute Gasteiger partial charge is 0.496 e. The van der Waals surface area contributed by atoms with Crippen molar-refractivity contribution in [2.75, 3.05) is 7.11 Å². The number of carbonyl (C=O) groups is 1. The maximum absolute atomic E-state index is 10.9. The SMILES string of the molecule is COc1cc(Cn2ccnc2)ccc1C(=O)O. The lowest BCUT2D eigenvalue weighted by atomic mass is 10.1. The van der Waals surface area contributed by atoms with E-state index < -0.39 is 5.97 Å². The Morgan fingerprint density at radius 3 is 2.94 bits per heavy atom. The number of carboxylic acid groups (broad SMARTS) is 1. The molecular formula is C12H12N2O3. The molecule has 88 valence electrons. The van der Waals surface area contributed by atoms with Gasteiger partial charge in [0.25, 0.3) is 0 Å². The van der Waals surface area contributed by atoms with Crippen LogP contribution in [0.5, 0.6) is 5.75 Å². The minimum absolute atomic E-state index is 0.168. The predicted molar refractivity (Wildman–Crippen MR) is 61.3 cm³/mol. The van der Waals surface area contributed by atoms with Crippen LogP contribution in [0.15, 0.2) is 36.9 Å². The summed E-state index contributed by atoms with van der Waals surface area (Å²) in [5.41, 5.74) is 1.13. The normalized spacial score (nSPS) is 10.2. The van der Waals surface area contributed by atoms with E-state index in [1.165, 1.54) is 7.11 Å². The van der Waals surface area contributed by atoms with Crippen LogP contribution in [0.4, 0.5) is 0 Å². The highest BCUT2D eigenvalue weighted by Crippen LogP contribution is 2.20. The lowest BCUT2D eigenvalue weighted by Crippen LogP contribution is -2.03. The molecule has 17 heavy (non-hydrogen) atoms. The molecule has 2 aromatic rings. The molecule has 0 unspecified atom stereocenters. The average molecular weight is 232 g/mol. The van der Waals surface area contributed by atoms with Gasteiger partial charge in [-0.1, -0.05) is 6.07 Å². The Bertz CT molecular complexity index is 521. The molecule has 1 aromatic carbocycles. The van der Waals surface area contributed by atoms with Crippen molar-refractivity contribution in [3.05, 3.63) is 48.0 Å². The summed E-state index contributed by atoms with van der Waals surface area (Å²) >= 11 is 0. The van der Waals surface area contributed by atoms with E-state index in [0.717, 1.165) is 5.56 Å². The molecule has 0 spiro atoms. The molecule has 0 bridgehead atoms. The lowest BCUT2D eigenvalue weighted by molar-refractivity contribution is 0.0693. The van der Waals surface area contributed by atoms with Crippen molar-refractivity contribution in [2.24, 2.45) is 0 Å². The molecule has 0 aliphatic carbocycles. The zero-order valence-corrected chi connectivity index (χ0v) is 9.33. The van der Waals surface area contributed by atoms with Gasteiger partial charge in [0.1, 0.15) is 11.3 Å². The van der Waals surface area contributed by atoms with Crippen molar-refractivity contribution in [3.8, 4) is 5.75 Å². The van der Waals surface area contributed by atoms with Crippen LogP contribution in [0.25, 0.3) is 0 Å². The van der Waals surface area contributed by atoms with Crippen LogP contribution in [0.2, 0.25) is 0 Å². The van der Waals surface area contributed by atoms with Crippen molar-refractivity contribution >= 4 is 5.97 Å². The van der Waals surface area contributed by atoms with Gasteiger partial charge in [-0.3, -0.25) is 0 Å². The molecule has 0 saturated carbocycles. The number of rotatable bonds is 4. The van der Waals surface area contributed by atoms with E-state index >= 15 is 0 Å². The van der Waals surface area contributed by atoms with E-state index in [2.05, 4.69) is 4.98 Å². The number of aromatic nitrogens is 2. The number of nitrogens with zero attached hydrogens (tertiary/aromatic N) is 2. The van der Waals surface area contributed by atoms with Gasteiger partial charge in [0.2, 0.25) is 0 Å². The van der Waals surface area contributed by atoms with Crippen molar-refractivity contribution in [3.63, 3.8) is 0 Å². The molecule has 0 radical (unpaired) electrons. The second-order valence-corrected chi connectivity index (χ2v) is 3.57. The average Bonchev–Trinajstić information content (AvgIpc) is 2.81. The van der Waals surface area contributed by atoms with Crippen LogP contribution in [0.3, 0.4) is 0 Å². The fraction of sp³-hybridized carbons (Fsp3) is 0.167. The number of methoxy groups -OCH3 is 1. The molecule has 1 heterocycles. The Morgan fingerprint density at radius 1 is 1.53 bits per heavy atom. The summed E-state index contributed by atoms with van der Waals surface area (Å²) in [5.74, 6) is -0.619. The van der Waals surface area contributed by atoms with Gasteiger partial charge in [-0.2, -0.15) is 0 Å². The topological polar surface area (TPSA) is 64.4 Å². The third kappa shape index (κ3) is 2.44. The maximum Gasteiger partial charge on any atom is 0.339 e. The monoisotopic (exact) mass is 232 g/mol. The number of benzene rings is 1. The fourth-order valence-electron chi connectivity index (χ4n) is 1.60. The number of hydrogen-bond donors (Lipinski definition) is 1. The summed E-state index contributed by atoms with van der Waals surface area (Å²) in [6.07, 6.45) is 5.25. The molecule has 0 aliphatic rings. The quantitative estimate of drug-likeness (QED) is 0.870. The van der Waals surface area contributed by atoms with Crippen LogP contribution in [-0.4, -0.2) is 27.7 Å². The zero-order valence-electron chi connectivity index (χ0n) is 9.33. The second kappa shape index (κ2) is 4.69. The van der Waals surface area contributed by atoms with Gasteiger partial charge in [0.05, 0.1) is 13.4 Å². The first-order valence-electron chi connectivity index (χ1n) is 5.06. The van der Waals surface area contributed by atoms with E-state index in [9.17, 15) is 4.79 Å². The molecule has 0 fully saturated rings. The first-order valence-corrected chi connectivity index (χ1v) is 5.06. The fourth-order valence-corrected chi connectivity index (χ4v) is 1.60. The molecular weight excluding hydrogens is 220 g/mol. The van der Waals surface area contributed by atoms with Crippen LogP contribution < -0.4 is 4.74 Å². The highest BCUT2D eigenvalue weighted by atomic mass is 16.5. The van der Waals surface area contributed by atoms with Gasteiger partial charge in [0.15, 0.2) is 0 Å². The molecule has 1 N–H and O–H groups in total. The molecule has 2 rings (SSSR count). The van der Waals surface area contributed by atoms with E-state index in [-0.39, 0.29) is 5.56 Å². The van der Waals surface area contributed by atoms with E-state index in [0.29, 0.717) is 12.3 Å². The standard InChI is InChI=1S/C12H12N2O3/c1-17-11-6-9(2-3-10(11)12(15)16)7-14-5-4-13-8-14/h2-6,8H,7H2,1H3,(H,15,16). The smallest absolute Gasteiger partial charge is 0.339 e. The van der Waals surface area contributed by atoms with Gasteiger partial charge in [-0.05, 0) is 17.7 Å². The predicted octanol–water partition coefficient (Wildman–Crippen LogP) is 1.64. The molecule has 1 aromatic heterocycles. The Balaban J connectivity index is 2.28. The van der Waals surface area contributed by atoms with Gasteiger partial charge < -0.3 is 14.4 Å². The molecule has 5 heteroatoms. The van der Waals surface area contributed by atoms with Crippen LogP contribution in [0, 0.1) is 0 Å². The summed E-state index contributed by atoms with van der Waals surface area (Å²) in [6.45, 7) is 0.635. The van der Waals surface area contributed by atoms with E-state index in [1.54, 1.807) is 30.7 Å². The van der Waals surface area contributed by atoms with Crippen molar-refractivity contribution in [1.29, 1.82) is 0 Å². The molecule has 0 saturated heterocycles. The van der Waals surface area contributed by atoms with Crippen molar-refractivity contribution < 1.29 is 14.6 Å². The summed E-state index contributed by atoms with van der Waals surface area (Å²) in [7, 11) is 1.46. The van der Waals surface area contributed by atoms with Gasteiger partial charge in [-0.15, -0.1) is 0 Å². The Hall–Kier alpha value is -2.30. The second-order valence-electron chi connectivity index (χ2n) is 3.57. The summed E-state index contributed by atoms with van der Waals surface area (Å²) in [6, 6.07) is 5.04. The minimum atomic E-state index is -0.990. The van der Waals surface area contributed by atoms with Crippen LogP contribution in [-0.2, 0) is 6.54 Å². The van der Waals surface area contributed by atoms with Gasteiger partial charge >= 0.3 is 5.97 Å². The maximum atomic E-state index is 10.9. The third-order valence-corrected chi connectivity index (χ3v) is 2.42. The van der Waals surface area contributed by atoms with E-state index in [4.69, 9.17) is 9.84 Å². The zero-order chi connectivity index (χ0) is 12.3. The van der Waals surface area contributed by atoms with Crippen molar-refractivity contribution in [2.45, 2.75) is 6.54 Å². The summed E-state index contributed by atoms with van der Waals surface area (Å²) in [4.78, 5) is 14.9. The molecule has 0 atom stereocenters. The Kier molecular flexibility index (Phi) is 3.09. The summed E-state index contributed by atoms with van der Waals surface area (Å²) < 4.78 is 6.96. The summed E-state index contributed by atoms with van der Waals surface area (Å²) in [5, 5.41) is 8.95. The Morgan fingerprint density at radius 2 is 2.35 bits per heavy atom. The first-order chi connectivity index (χ1) is 8.20. The molecule has 0 aliphatic heterocycles. The highest BCUT2D eigenvalue weighted by Gasteiger charge is 2.11. The van der Waals surface area contributed by atoms with Gasteiger partial charge in [0, 0.05) is 18.9 Å². The number of carboxylic acids is 1. The highest BCUT2D eigenvalue weighted by molar-refractivity contribution is 5.90. The molecule has 5 nitrogen and oxygen atoms in total. The number of ether oxygens (including phenoxy) is 1. The Labute approximate surface area is 98.3 Å². The van der Waals surface area contributed by atoms with Gasteiger partial charge in [-0.25, -0.2) is 9.78 Å². The number of hydrogen-bond acceptors (Lipinski definition) is 3. The molecule has 0 amide bonds. The minimum Gasteiger partial charge on any atom is -0.496 e. The van der Waals surface area contributed by atoms with Crippen LogP contribution >= 0.6 is 0 Å². The third-order valence-electron chi connectivity index (χ3n) is 2.42. The first kappa shape index (κ1) is 11.2. The lowest BCUT2D eigenvalue weighted by Gasteiger charge is -2.08. The van der Waals surface area contributed by atoms with Crippen molar-refractivity contribution in [1.82, 2.24) is 9.55 Å².